The largest absolute Gasteiger partial charge is 0.397 e. The van der Waals surface area contributed by atoms with Crippen LogP contribution in [0.15, 0.2) is 18.2 Å². The second kappa shape index (κ2) is 5.73. The number of hydrogen-bond acceptors (Lipinski definition) is 4. The summed E-state index contributed by atoms with van der Waals surface area (Å²) in [6, 6.07) is 6.16. The molecule has 1 aromatic carbocycles. The Labute approximate surface area is 106 Å². The second-order valence-electron chi connectivity index (χ2n) is 3.98. The summed E-state index contributed by atoms with van der Waals surface area (Å²) in [6.07, 6.45) is 0. The Morgan fingerprint density at radius 1 is 1.44 bits per heavy atom. The number of benzene rings is 1. The van der Waals surface area contributed by atoms with Crippen LogP contribution in [-0.2, 0) is 0 Å². The van der Waals surface area contributed by atoms with Crippen LogP contribution >= 0.6 is 23.5 Å². The highest BCUT2D eigenvalue weighted by molar-refractivity contribution is 8.06. The quantitative estimate of drug-likeness (QED) is 0.814. The minimum atomic E-state index is 0.721. The van der Waals surface area contributed by atoms with Crippen LogP contribution in [0.1, 0.15) is 5.56 Å². The van der Waals surface area contributed by atoms with Crippen molar-refractivity contribution in [2.45, 2.75) is 12.2 Å². The highest BCUT2D eigenvalue weighted by Gasteiger charge is 2.14. The first-order valence-electron chi connectivity index (χ1n) is 5.55. The van der Waals surface area contributed by atoms with Gasteiger partial charge in [0.15, 0.2) is 0 Å². The van der Waals surface area contributed by atoms with E-state index >= 15 is 0 Å². The number of nitrogen functional groups attached to an aromatic ring is 1. The maximum absolute atomic E-state index is 6.02. The Morgan fingerprint density at radius 2 is 2.31 bits per heavy atom. The fourth-order valence-corrected chi connectivity index (χ4v) is 4.32. The number of hydrogen-bond donors (Lipinski definition) is 2. The number of anilines is 2. The molecule has 3 N–H and O–H groups in total. The lowest BCUT2D eigenvalue weighted by molar-refractivity contribution is 1.00. The summed E-state index contributed by atoms with van der Waals surface area (Å²) in [5.41, 5.74) is 9.14. The Kier molecular flexibility index (Phi) is 4.29. The van der Waals surface area contributed by atoms with Gasteiger partial charge in [0.2, 0.25) is 0 Å². The van der Waals surface area contributed by atoms with E-state index in [1.807, 2.05) is 13.0 Å². The number of aryl methyl sites for hydroxylation is 1. The topological polar surface area (TPSA) is 38.0 Å². The van der Waals surface area contributed by atoms with Crippen LogP contribution in [0.5, 0.6) is 0 Å². The minimum absolute atomic E-state index is 0.721. The first kappa shape index (κ1) is 12.0. The van der Waals surface area contributed by atoms with Gasteiger partial charge >= 0.3 is 0 Å². The molecule has 1 aliphatic rings. The van der Waals surface area contributed by atoms with Crippen LogP contribution < -0.4 is 11.1 Å². The molecule has 0 aliphatic carbocycles. The van der Waals surface area contributed by atoms with Crippen LogP contribution in [-0.4, -0.2) is 29.1 Å². The summed E-state index contributed by atoms with van der Waals surface area (Å²) in [5, 5.41) is 4.19. The predicted octanol–water partition coefficient (Wildman–Crippen LogP) is 2.84. The van der Waals surface area contributed by atoms with Crippen LogP contribution in [0.3, 0.4) is 0 Å². The van der Waals surface area contributed by atoms with E-state index in [1.54, 1.807) is 0 Å². The van der Waals surface area contributed by atoms with E-state index in [2.05, 4.69) is 41.0 Å². The number of para-hydroxylation sites is 1. The van der Waals surface area contributed by atoms with Gasteiger partial charge in [0, 0.05) is 29.1 Å². The molecule has 0 radical (unpaired) electrons. The molecule has 88 valence electrons. The lowest BCUT2D eigenvalue weighted by Crippen LogP contribution is -2.23. The number of thioether (sulfide) groups is 2. The minimum Gasteiger partial charge on any atom is -0.397 e. The van der Waals surface area contributed by atoms with Crippen LogP contribution in [0.25, 0.3) is 0 Å². The van der Waals surface area contributed by atoms with Gasteiger partial charge in [-0.3, -0.25) is 0 Å². The number of nitrogens with two attached hydrogens (primary N) is 1. The maximum atomic E-state index is 6.02. The molecule has 2 nitrogen and oxygen atoms in total. The van der Waals surface area contributed by atoms with Crippen molar-refractivity contribution < 1.29 is 0 Å². The molecule has 0 saturated carbocycles. The van der Waals surface area contributed by atoms with Crippen molar-refractivity contribution in [3.05, 3.63) is 23.8 Å². The molecule has 2 rings (SSSR count). The van der Waals surface area contributed by atoms with Crippen molar-refractivity contribution in [2.24, 2.45) is 0 Å². The highest BCUT2D eigenvalue weighted by atomic mass is 32.2. The lowest BCUT2D eigenvalue weighted by atomic mass is 10.2. The van der Waals surface area contributed by atoms with Crippen LogP contribution in [0.4, 0.5) is 11.4 Å². The summed E-state index contributed by atoms with van der Waals surface area (Å²) < 4.78 is 0. The molecule has 1 fully saturated rings. The van der Waals surface area contributed by atoms with Gasteiger partial charge in [0.25, 0.3) is 0 Å². The Hall–Kier alpha value is -0.480. The third-order valence-corrected chi connectivity index (χ3v) is 5.57. The second-order valence-corrected chi connectivity index (χ2v) is 6.54. The zero-order chi connectivity index (χ0) is 11.4. The fraction of sp³-hybridized carbons (Fsp3) is 0.500. The van der Waals surface area contributed by atoms with E-state index in [0.29, 0.717) is 0 Å². The van der Waals surface area contributed by atoms with E-state index in [9.17, 15) is 0 Å². The first-order chi connectivity index (χ1) is 7.77. The SMILES string of the molecule is Cc1cccc(NCC2CSCCS2)c1N. The van der Waals surface area contributed by atoms with Crippen molar-refractivity contribution >= 4 is 34.9 Å². The van der Waals surface area contributed by atoms with Gasteiger partial charge in [-0.05, 0) is 18.6 Å². The molecule has 1 saturated heterocycles. The van der Waals surface area contributed by atoms with Crippen molar-refractivity contribution in [3.8, 4) is 0 Å². The molecule has 0 bridgehead atoms. The average molecular weight is 254 g/mol. The Morgan fingerprint density at radius 3 is 3.06 bits per heavy atom. The zero-order valence-corrected chi connectivity index (χ0v) is 11.2. The van der Waals surface area contributed by atoms with Crippen LogP contribution in [0.2, 0.25) is 0 Å². The van der Waals surface area contributed by atoms with Gasteiger partial charge in [-0.2, -0.15) is 23.5 Å². The highest BCUT2D eigenvalue weighted by Crippen LogP contribution is 2.26. The van der Waals surface area contributed by atoms with E-state index < -0.39 is 0 Å². The molecule has 0 spiro atoms. The molecule has 1 aromatic rings. The Bertz CT molecular complexity index is 349. The van der Waals surface area contributed by atoms with E-state index in [4.69, 9.17) is 5.73 Å². The molecular weight excluding hydrogens is 236 g/mol. The van der Waals surface area contributed by atoms with Gasteiger partial charge in [0.1, 0.15) is 0 Å². The lowest BCUT2D eigenvalue weighted by Gasteiger charge is -2.22. The zero-order valence-electron chi connectivity index (χ0n) is 9.53. The molecule has 1 heterocycles. The smallest absolute Gasteiger partial charge is 0.0579 e. The molecule has 0 aromatic heterocycles. The summed E-state index contributed by atoms with van der Waals surface area (Å²) in [5.74, 6) is 3.83. The molecule has 0 amide bonds. The van der Waals surface area contributed by atoms with Crippen molar-refractivity contribution in [1.82, 2.24) is 0 Å². The predicted molar refractivity (Wildman–Crippen MR) is 77.7 cm³/mol. The van der Waals surface area contributed by atoms with Crippen LogP contribution in [0, 0.1) is 6.92 Å². The van der Waals surface area contributed by atoms with E-state index in [-0.39, 0.29) is 0 Å². The maximum Gasteiger partial charge on any atom is 0.0579 e. The molecule has 16 heavy (non-hydrogen) atoms. The molecule has 1 atom stereocenters. The van der Waals surface area contributed by atoms with Gasteiger partial charge in [-0.1, -0.05) is 12.1 Å². The normalized spacial score (nSPS) is 20.7. The molecule has 4 heteroatoms. The van der Waals surface area contributed by atoms with Gasteiger partial charge in [-0.15, -0.1) is 0 Å². The van der Waals surface area contributed by atoms with Crippen molar-refractivity contribution in [3.63, 3.8) is 0 Å². The van der Waals surface area contributed by atoms with E-state index in [1.165, 1.54) is 17.3 Å². The van der Waals surface area contributed by atoms with Gasteiger partial charge in [-0.25, -0.2) is 0 Å². The van der Waals surface area contributed by atoms with Crippen molar-refractivity contribution in [2.75, 3.05) is 34.9 Å². The third kappa shape index (κ3) is 3.01. The average Bonchev–Trinajstić information content (AvgIpc) is 2.32. The summed E-state index contributed by atoms with van der Waals surface area (Å²) in [7, 11) is 0. The number of rotatable bonds is 3. The summed E-state index contributed by atoms with van der Waals surface area (Å²) in [4.78, 5) is 0. The number of nitrogens with one attached hydrogen (secondary N) is 1. The van der Waals surface area contributed by atoms with Crippen molar-refractivity contribution in [1.29, 1.82) is 0 Å². The monoisotopic (exact) mass is 254 g/mol. The first-order valence-corrected chi connectivity index (χ1v) is 7.76. The molecule has 1 unspecified atom stereocenters. The molecule has 1 aliphatic heterocycles. The summed E-state index contributed by atoms with van der Waals surface area (Å²) >= 11 is 4.12. The van der Waals surface area contributed by atoms with E-state index in [0.717, 1.165) is 28.7 Å². The fourth-order valence-electron chi connectivity index (χ4n) is 1.71. The van der Waals surface area contributed by atoms with Gasteiger partial charge in [0.05, 0.1) is 11.4 Å². The van der Waals surface area contributed by atoms with Gasteiger partial charge < -0.3 is 11.1 Å². The third-order valence-electron chi connectivity index (χ3n) is 2.73. The summed E-state index contributed by atoms with van der Waals surface area (Å²) in [6.45, 7) is 3.07. The Balaban J connectivity index is 1.91. The standard InChI is InChI=1S/C12H18N2S2/c1-9-3-2-4-11(12(9)13)14-7-10-8-15-5-6-16-10/h2-4,10,14H,5-8,13H2,1H3. The molecular formula is C12H18N2S2.